The maximum absolute atomic E-state index is 15.0. The predicted molar refractivity (Wildman–Crippen MR) is 248 cm³/mol. The van der Waals surface area contributed by atoms with Crippen LogP contribution in [-0.4, -0.2) is 109 Å². The van der Waals surface area contributed by atoms with Crippen molar-refractivity contribution in [1.29, 1.82) is 0 Å². The van der Waals surface area contributed by atoms with Gasteiger partial charge < -0.3 is 57.7 Å². The van der Waals surface area contributed by atoms with Crippen LogP contribution in [-0.2, 0) is 53.0 Å². The molecule has 6 rings (SSSR count). The summed E-state index contributed by atoms with van der Waals surface area (Å²) in [5.41, 5.74) is 14.0. The van der Waals surface area contributed by atoms with E-state index in [9.17, 15) is 28.8 Å². The Kier molecular flexibility index (Phi) is 18.2. The summed E-state index contributed by atoms with van der Waals surface area (Å²) in [6, 6.07) is 27.6. The fraction of sp³-hybridized carbons (Fsp3) is 0.367. The number of rotatable bonds is 15. The van der Waals surface area contributed by atoms with Crippen LogP contribution in [0.2, 0.25) is 0 Å². The predicted octanol–water partition coefficient (Wildman–Crippen LogP) is 1.28. The second-order valence-corrected chi connectivity index (χ2v) is 16.4. The van der Waals surface area contributed by atoms with Gasteiger partial charge in [-0.25, -0.2) is 4.79 Å². The molecule has 18 nitrogen and oxygen atoms in total. The molecule has 4 aromatic rings. The van der Waals surface area contributed by atoms with Crippen molar-refractivity contribution in [2.75, 3.05) is 32.7 Å². The van der Waals surface area contributed by atoms with Crippen LogP contribution in [0.3, 0.4) is 0 Å². The Morgan fingerprint density at radius 1 is 0.642 bits per heavy atom. The second-order valence-electron chi connectivity index (χ2n) is 16.4. The first-order valence-corrected chi connectivity index (χ1v) is 22.5. The van der Waals surface area contributed by atoms with Gasteiger partial charge in [0, 0.05) is 32.4 Å². The van der Waals surface area contributed by atoms with Crippen molar-refractivity contribution in [2.24, 2.45) is 11.5 Å². The molecule has 2 aliphatic heterocycles. The summed E-state index contributed by atoms with van der Waals surface area (Å²) in [4.78, 5) is 99.9. The molecule has 0 saturated carbocycles. The minimum absolute atomic E-state index is 0.0281. The summed E-state index contributed by atoms with van der Waals surface area (Å²) in [5, 5.41) is 16.3. The summed E-state index contributed by atoms with van der Waals surface area (Å²) in [5.74, 6) is -3.68. The highest BCUT2D eigenvalue weighted by Gasteiger charge is 2.45. The van der Waals surface area contributed by atoms with E-state index < -0.39 is 84.4 Å². The Labute approximate surface area is 389 Å². The number of amides is 7. The maximum atomic E-state index is 15.0. The molecule has 10 N–H and O–H groups in total. The highest BCUT2D eigenvalue weighted by atomic mass is 16.6. The van der Waals surface area contributed by atoms with E-state index in [0.717, 1.165) is 5.56 Å². The largest absolute Gasteiger partial charge is 0.489 e. The molecule has 0 aromatic heterocycles. The van der Waals surface area contributed by atoms with Crippen LogP contribution < -0.4 is 48.1 Å². The van der Waals surface area contributed by atoms with Crippen molar-refractivity contribution in [3.63, 3.8) is 0 Å². The van der Waals surface area contributed by atoms with Gasteiger partial charge in [0.05, 0.1) is 13.1 Å². The van der Waals surface area contributed by atoms with E-state index in [1.165, 1.54) is 4.90 Å². The Hall–Kier alpha value is -7.31. The van der Waals surface area contributed by atoms with Gasteiger partial charge in [-0.3, -0.25) is 28.8 Å². The molecule has 0 spiro atoms. The van der Waals surface area contributed by atoms with Gasteiger partial charge in [-0.2, -0.15) is 0 Å². The fourth-order valence-corrected chi connectivity index (χ4v) is 7.91. The average Bonchev–Trinajstić information content (AvgIpc) is 3.77. The van der Waals surface area contributed by atoms with Gasteiger partial charge >= 0.3 is 6.09 Å². The first-order chi connectivity index (χ1) is 32.5. The number of hydrogen-bond donors (Lipinski definition) is 8. The fourth-order valence-electron chi connectivity index (χ4n) is 7.91. The van der Waals surface area contributed by atoms with Crippen LogP contribution in [0, 0.1) is 0 Å². The topological polar surface area (TPSA) is 265 Å². The molecule has 67 heavy (non-hydrogen) atoms. The molecule has 4 aromatic carbocycles. The van der Waals surface area contributed by atoms with Gasteiger partial charge in [0.1, 0.15) is 48.7 Å². The number of hydrogen-bond acceptors (Lipinski definition) is 11. The zero-order valence-corrected chi connectivity index (χ0v) is 37.2. The van der Waals surface area contributed by atoms with Crippen molar-refractivity contribution in [3.8, 4) is 5.75 Å². The molecule has 4 unspecified atom stereocenters. The van der Waals surface area contributed by atoms with Crippen molar-refractivity contribution in [2.45, 2.75) is 81.4 Å². The van der Waals surface area contributed by atoms with Gasteiger partial charge in [-0.05, 0) is 60.2 Å². The smallest absolute Gasteiger partial charge is 0.407 e. The third-order valence-corrected chi connectivity index (χ3v) is 11.4. The van der Waals surface area contributed by atoms with E-state index >= 15 is 4.79 Å². The summed E-state index contributed by atoms with van der Waals surface area (Å²) >= 11 is 0. The number of nitrogens with zero attached hydrogens (tertiary/aromatic N) is 1. The molecular formula is C49H59N9O9. The third-order valence-electron chi connectivity index (χ3n) is 11.4. The lowest BCUT2D eigenvalue weighted by molar-refractivity contribution is -0.142. The number of carbonyl (C=O) groups is 7. The number of carbonyl (C=O) groups excluding carboxylic acids is 7. The van der Waals surface area contributed by atoms with Crippen LogP contribution in [0.15, 0.2) is 115 Å². The first kappa shape index (κ1) is 49.1. The molecule has 2 aliphatic rings. The van der Waals surface area contributed by atoms with Crippen molar-refractivity contribution in [3.05, 3.63) is 138 Å². The van der Waals surface area contributed by atoms with E-state index in [4.69, 9.17) is 20.9 Å². The van der Waals surface area contributed by atoms with Crippen molar-refractivity contribution in [1.82, 2.24) is 36.8 Å². The highest BCUT2D eigenvalue weighted by Crippen LogP contribution is 2.25. The summed E-state index contributed by atoms with van der Waals surface area (Å²) in [7, 11) is 0. The molecule has 354 valence electrons. The molecule has 2 heterocycles. The van der Waals surface area contributed by atoms with Crippen molar-refractivity contribution >= 4 is 41.5 Å². The monoisotopic (exact) mass is 917 g/mol. The normalized spacial score (nSPS) is 21.9. The molecule has 0 bridgehead atoms. The number of nitrogens with one attached hydrogen (secondary N) is 6. The lowest BCUT2D eigenvalue weighted by Crippen LogP contribution is -2.60. The number of fused-ring (bicyclic) bond motifs is 1. The number of nitrogens with two attached hydrogens (primary N) is 2. The average molecular weight is 918 g/mol. The van der Waals surface area contributed by atoms with Crippen LogP contribution in [0.5, 0.6) is 5.75 Å². The molecule has 2 saturated heterocycles. The standard InChI is InChI=1S/C49H59N9O9/c50-23-11-10-18-38-44(60)55-39(26-33-19-21-36(22-20-33)66-31-34-14-6-2-7-15-34)45(61)56-40(27-32-12-4-1-5-13-32)48(64)58-30-37(67-49(65)52-25-24-51)28-41(58)46(62)57-43(35-16-8-3-9-17-35)47(63)53-29-42(59)54-38/h1-9,12-17,19-22,37-41,43H,10-11,18,23-31,50-51H2,(H,52,65)(H,53,63)(H,54,59)(H,55,60)(H,56,61)(H,57,62)/t37-,38?,39+,40?,41?,43?/m1/s1. The molecular weight excluding hydrogens is 859 g/mol. The minimum atomic E-state index is -1.33. The summed E-state index contributed by atoms with van der Waals surface area (Å²) in [6.07, 6.45) is -0.843. The molecule has 2 fully saturated rings. The van der Waals surface area contributed by atoms with E-state index in [0.29, 0.717) is 48.4 Å². The molecule has 0 radical (unpaired) electrons. The van der Waals surface area contributed by atoms with Gasteiger partial charge in [0.25, 0.3) is 0 Å². The van der Waals surface area contributed by atoms with E-state index in [-0.39, 0.29) is 45.3 Å². The van der Waals surface area contributed by atoms with Gasteiger partial charge in [0.15, 0.2) is 0 Å². The third kappa shape index (κ3) is 14.6. The van der Waals surface area contributed by atoms with Gasteiger partial charge in [-0.1, -0.05) is 103 Å². The highest BCUT2D eigenvalue weighted by molar-refractivity contribution is 5.98. The van der Waals surface area contributed by atoms with E-state index in [2.05, 4.69) is 31.9 Å². The minimum Gasteiger partial charge on any atom is -0.489 e. The quantitative estimate of drug-likeness (QED) is 0.0788. The maximum Gasteiger partial charge on any atom is 0.407 e. The number of alkyl carbamates (subject to hydrolysis) is 1. The Morgan fingerprint density at radius 2 is 1.25 bits per heavy atom. The Bertz CT molecular complexity index is 2290. The first-order valence-electron chi connectivity index (χ1n) is 22.5. The number of unbranched alkanes of at least 4 members (excludes halogenated alkanes) is 1. The van der Waals surface area contributed by atoms with Crippen molar-refractivity contribution < 1.29 is 43.0 Å². The van der Waals surface area contributed by atoms with Gasteiger partial charge in [-0.15, -0.1) is 0 Å². The second kappa shape index (κ2) is 24.8. The van der Waals surface area contributed by atoms with E-state index in [1.807, 2.05) is 30.3 Å². The zero-order valence-electron chi connectivity index (χ0n) is 37.2. The molecule has 6 atom stereocenters. The summed E-state index contributed by atoms with van der Waals surface area (Å²) < 4.78 is 11.6. The van der Waals surface area contributed by atoms with Gasteiger partial charge in [0.2, 0.25) is 35.4 Å². The number of ether oxygens (including phenoxy) is 2. The zero-order chi connectivity index (χ0) is 47.5. The lowest BCUT2D eigenvalue weighted by atomic mass is 10.0. The summed E-state index contributed by atoms with van der Waals surface area (Å²) in [6.45, 7) is 0.133. The van der Waals surface area contributed by atoms with E-state index in [1.54, 1.807) is 84.9 Å². The van der Waals surface area contributed by atoms with Crippen LogP contribution in [0.1, 0.15) is 54.0 Å². The van der Waals surface area contributed by atoms with Crippen LogP contribution in [0.4, 0.5) is 4.79 Å². The molecule has 0 aliphatic carbocycles. The lowest BCUT2D eigenvalue weighted by Gasteiger charge is -2.31. The van der Waals surface area contributed by atoms with Crippen LogP contribution >= 0.6 is 0 Å². The molecule has 18 heteroatoms. The Balaban J connectivity index is 1.36. The Morgan fingerprint density at radius 3 is 1.93 bits per heavy atom. The molecule has 7 amide bonds. The van der Waals surface area contributed by atoms with Crippen LogP contribution in [0.25, 0.3) is 0 Å². The SMILES string of the molecule is NCCCCC1NC(=O)CNC(=O)C(c2ccccc2)NC(=O)C2C[C@@H](OC(=O)NCCN)CN2C(=O)C(Cc2ccccc2)NC(=O)[C@H](Cc2ccc(OCc3ccccc3)cc2)NC1=O. The number of benzene rings is 4.